The van der Waals surface area contributed by atoms with E-state index in [2.05, 4.69) is 11.2 Å². The van der Waals surface area contributed by atoms with Crippen LogP contribution in [-0.2, 0) is 0 Å². The lowest BCUT2D eigenvalue weighted by Crippen LogP contribution is -2.33. The van der Waals surface area contributed by atoms with Crippen molar-refractivity contribution in [1.29, 1.82) is 0 Å². The lowest BCUT2D eigenvalue weighted by molar-refractivity contribution is 0.317. The molecule has 76 valence electrons. The summed E-state index contributed by atoms with van der Waals surface area (Å²) >= 11 is 0. The van der Waals surface area contributed by atoms with Crippen LogP contribution in [0.4, 0.5) is 5.69 Å². The smallest absolute Gasteiger partial charge is 0.237 e. The summed E-state index contributed by atoms with van der Waals surface area (Å²) < 4.78 is 0. The first kappa shape index (κ1) is 10.4. The van der Waals surface area contributed by atoms with Gasteiger partial charge in [-0.1, -0.05) is 11.2 Å². The van der Waals surface area contributed by atoms with Gasteiger partial charge in [-0.25, -0.2) is 0 Å². The first-order valence-electron chi connectivity index (χ1n) is 4.34. The second-order valence-electron chi connectivity index (χ2n) is 3.36. The number of nitrogens with two attached hydrogens (primary N) is 1. The van der Waals surface area contributed by atoms with Gasteiger partial charge < -0.3 is 15.8 Å². The summed E-state index contributed by atoms with van der Waals surface area (Å²) in [5.41, 5.74) is 8.69. The molecule has 0 amide bonds. The van der Waals surface area contributed by atoms with Crippen LogP contribution in [0.1, 0.15) is 11.1 Å². The van der Waals surface area contributed by atoms with E-state index in [-0.39, 0.29) is 5.96 Å². The molecule has 0 aliphatic heterocycles. The largest absolute Gasteiger partial charge is 0.408 e. The molecule has 0 atom stereocenters. The molecule has 4 nitrogen and oxygen atoms in total. The first-order valence-corrected chi connectivity index (χ1v) is 4.34. The third-order valence-corrected chi connectivity index (χ3v) is 2.04. The van der Waals surface area contributed by atoms with Gasteiger partial charge in [-0.15, -0.1) is 0 Å². The molecule has 0 saturated heterocycles. The van der Waals surface area contributed by atoms with Crippen LogP contribution in [0.5, 0.6) is 0 Å². The Labute approximate surface area is 83.6 Å². The standard InChI is InChI=1S/C10H15N3O/c1-7-4-8(2)6-9(5-7)13(3)10(11)12-14/h4-6,14H,1-3H3,(H2,11,12). The molecule has 0 unspecified atom stereocenters. The average Bonchev–Trinajstić information content (AvgIpc) is 2.14. The average molecular weight is 193 g/mol. The summed E-state index contributed by atoms with van der Waals surface area (Å²) in [5.74, 6) is 0.0787. The molecule has 14 heavy (non-hydrogen) atoms. The van der Waals surface area contributed by atoms with Crippen LogP contribution < -0.4 is 10.6 Å². The fourth-order valence-electron chi connectivity index (χ4n) is 1.34. The maximum absolute atomic E-state index is 8.53. The van der Waals surface area contributed by atoms with Gasteiger partial charge in [0.2, 0.25) is 5.96 Å². The molecule has 4 heteroatoms. The Hall–Kier alpha value is -1.71. The van der Waals surface area contributed by atoms with Crippen molar-refractivity contribution in [3.8, 4) is 0 Å². The van der Waals surface area contributed by atoms with E-state index in [1.807, 2.05) is 26.0 Å². The molecule has 0 saturated carbocycles. The molecule has 1 aromatic rings. The number of hydrogen-bond donors (Lipinski definition) is 2. The third kappa shape index (κ3) is 2.16. The quantitative estimate of drug-likeness (QED) is 0.307. The lowest BCUT2D eigenvalue weighted by atomic mass is 10.1. The zero-order valence-corrected chi connectivity index (χ0v) is 8.65. The number of benzene rings is 1. The van der Waals surface area contributed by atoms with Crippen molar-refractivity contribution >= 4 is 11.6 Å². The van der Waals surface area contributed by atoms with Gasteiger partial charge >= 0.3 is 0 Å². The molecule has 0 aliphatic carbocycles. The Morgan fingerprint density at radius 3 is 2.21 bits per heavy atom. The number of guanidine groups is 1. The van der Waals surface area contributed by atoms with Crippen LogP contribution >= 0.6 is 0 Å². The molecule has 0 aromatic heterocycles. The molecular formula is C10H15N3O. The van der Waals surface area contributed by atoms with Crippen molar-refractivity contribution in [2.24, 2.45) is 10.9 Å². The fourth-order valence-corrected chi connectivity index (χ4v) is 1.34. The highest BCUT2D eigenvalue weighted by atomic mass is 16.4. The van der Waals surface area contributed by atoms with Crippen molar-refractivity contribution in [3.63, 3.8) is 0 Å². The van der Waals surface area contributed by atoms with Gasteiger partial charge in [-0.05, 0) is 37.1 Å². The normalized spacial score (nSPS) is 11.5. The monoisotopic (exact) mass is 193 g/mol. The van der Waals surface area contributed by atoms with Crippen LogP contribution in [-0.4, -0.2) is 18.2 Å². The van der Waals surface area contributed by atoms with Crippen molar-refractivity contribution in [2.75, 3.05) is 11.9 Å². The number of anilines is 1. The van der Waals surface area contributed by atoms with Gasteiger partial charge in [0, 0.05) is 12.7 Å². The number of hydrogen-bond acceptors (Lipinski definition) is 2. The summed E-state index contributed by atoms with van der Waals surface area (Å²) in [4.78, 5) is 1.62. The second kappa shape index (κ2) is 4.00. The first-order chi connectivity index (χ1) is 6.54. The Bertz CT molecular complexity index is 340. The van der Waals surface area contributed by atoms with Gasteiger partial charge in [-0.2, -0.15) is 0 Å². The number of nitrogens with zero attached hydrogens (tertiary/aromatic N) is 2. The minimum Gasteiger partial charge on any atom is -0.408 e. The second-order valence-corrected chi connectivity index (χ2v) is 3.36. The lowest BCUT2D eigenvalue weighted by Gasteiger charge is -2.17. The highest BCUT2D eigenvalue weighted by Crippen LogP contribution is 2.16. The zero-order valence-electron chi connectivity index (χ0n) is 8.65. The molecule has 0 bridgehead atoms. The van der Waals surface area contributed by atoms with E-state index in [1.165, 1.54) is 0 Å². The Balaban J connectivity index is 3.07. The Morgan fingerprint density at radius 1 is 1.29 bits per heavy atom. The molecule has 0 fully saturated rings. The van der Waals surface area contributed by atoms with Gasteiger partial charge in [0.15, 0.2) is 0 Å². The minimum absolute atomic E-state index is 0.0787. The molecule has 1 aromatic carbocycles. The van der Waals surface area contributed by atoms with Gasteiger partial charge in [0.05, 0.1) is 0 Å². The van der Waals surface area contributed by atoms with Crippen LogP contribution in [0, 0.1) is 13.8 Å². The number of oxime groups is 1. The van der Waals surface area contributed by atoms with Gasteiger partial charge in [-0.3, -0.25) is 0 Å². The predicted octanol–water partition coefficient (Wildman–Crippen LogP) is 1.44. The van der Waals surface area contributed by atoms with Crippen molar-refractivity contribution in [2.45, 2.75) is 13.8 Å². The fraction of sp³-hybridized carbons (Fsp3) is 0.300. The summed E-state index contributed by atoms with van der Waals surface area (Å²) in [5, 5.41) is 11.5. The van der Waals surface area contributed by atoms with E-state index in [0.717, 1.165) is 16.8 Å². The SMILES string of the molecule is Cc1cc(C)cc(N(C)/C(N)=N/O)c1. The molecule has 0 aliphatic rings. The predicted molar refractivity (Wildman–Crippen MR) is 57.7 cm³/mol. The summed E-state index contributed by atoms with van der Waals surface area (Å²) in [7, 11) is 1.75. The zero-order chi connectivity index (χ0) is 10.7. The third-order valence-electron chi connectivity index (χ3n) is 2.04. The van der Waals surface area contributed by atoms with Crippen LogP contribution in [0.25, 0.3) is 0 Å². The van der Waals surface area contributed by atoms with Crippen molar-refractivity contribution in [3.05, 3.63) is 29.3 Å². The highest BCUT2D eigenvalue weighted by Gasteiger charge is 2.05. The molecule has 0 radical (unpaired) electrons. The molecule has 0 heterocycles. The van der Waals surface area contributed by atoms with Crippen LogP contribution in [0.15, 0.2) is 23.4 Å². The molecule has 1 rings (SSSR count). The summed E-state index contributed by atoms with van der Waals surface area (Å²) in [6.45, 7) is 4.02. The van der Waals surface area contributed by atoms with Crippen LogP contribution in [0.3, 0.4) is 0 Å². The van der Waals surface area contributed by atoms with Gasteiger partial charge in [0.1, 0.15) is 0 Å². The van der Waals surface area contributed by atoms with E-state index in [9.17, 15) is 0 Å². The maximum Gasteiger partial charge on any atom is 0.237 e. The topological polar surface area (TPSA) is 61.8 Å². The number of rotatable bonds is 1. The maximum atomic E-state index is 8.53. The Morgan fingerprint density at radius 2 is 1.79 bits per heavy atom. The van der Waals surface area contributed by atoms with E-state index in [4.69, 9.17) is 10.9 Å². The van der Waals surface area contributed by atoms with Crippen molar-refractivity contribution in [1.82, 2.24) is 0 Å². The minimum atomic E-state index is 0.0787. The van der Waals surface area contributed by atoms with E-state index < -0.39 is 0 Å². The molecule has 3 N–H and O–H groups in total. The van der Waals surface area contributed by atoms with Gasteiger partial charge in [0.25, 0.3) is 0 Å². The highest BCUT2D eigenvalue weighted by molar-refractivity contribution is 5.93. The van der Waals surface area contributed by atoms with E-state index in [0.29, 0.717) is 0 Å². The van der Waals surface area contributed by atoms with Crippen molar-refractivity contribution < 1.29 is 5.21 Å². The van der Waals surface area contributed by atoms with E-state index in [1.54, 1.807) is 11.9 Å². The van der Waals surface area contributed by atoms with E-state index >= 15 is 0 Å². The summed E-state index contributed by atoms with van der Waals surface area (Å²) in [6, 6.07) is 6.03. The van der Waals surface area contributed by atoms with Crippen LogP contribution in [0.2, 0.25) is 0 Å². The summed E-state index contributed by atoms with van der Waals surface area (Å²) in [6.07, 6.45) is 0. The number of aryl methyl sites for hydroxylation is 2. The Kier molecular flexibility index (Phi) is 2.96. The molecule has 0 spiro atoms. The molecular weight excluding hydrogens is 178 g/mol.